The maximum atomic E-state index is 12.5. The van der Waals surface area contributed by atoms with E-state index < -0.39 is 0 Å². The summed E-state index contributed by atoms with van der Waals surface area (Å²) in [7, 11) is 0. The van der Waals surface area contributed by atoms with Gasteiger partial charge in [-0.3, -0.25) is 4.79 Å². The number of amides is 1. The predicted molar refractivity (Wildman–Crippen MR) is 74.0 cm³/mol. The zero-order valence-corrected chi connectivity index (χ0v) is 12.4. The molecule has 0 aliphatic carbocycles. The van der Waals surface area contributed by atoms with Gasteiger partial charge in [0.15, 0.2) is 0 Å². The Morgan fingerprint density at radius 3 is 3.00 bits per heavy atom. The average molecular weight is 312 g/mol. The number of carbonyl (C=O) groups excluding carboxylic acids is 1. The van der Waals surface area contributed by atoms with Crippen LogP contribution in [0.5, 0.6) is 0 Å². The van der Waals surface area contributed by atoms with Crippen molar-refractivity contribution in [3.05, 3.63) is 23.0 Å². The van der Waals surface area contributed by atoms with Gasteiger partial charge in [0, 0.05) is 17.9 Å². The van der Waals surface area contributed by atoms with Gasteiger partial charge < -0.3 is 4.90 Å². The summed E-state index contributed by atoms with van der Waals surface area (Å²) in [6, 6.07) is 1.85. The Morgan fingerprint density at radius 2 is 2.33 bits per heavy atom. The first-order valence-corrected chi connectivity index (χ1v) is 7.30. The standard InChI is InChI=1S/C13H18BrN3O/c1-3-12-11(7-9(2)15-16-12)13(18)17-6-4-5-10(14)8-17/h7,10H,3-6,8H2,1-2H3. The third kappa shape index (κ3) is 2.88. The Balaban J connectivity index is 2.24. The summed E-state index contributed by atoms with van der Waals surface area (Å²) < 4.78 is 0. The van der Waals surface area contributed by atoms with Crippen molar-refractivity contribution in [2.45, 2.75) is 37.9 Å². The second kappa shape index (κ2) is 5.78. The highest BCUT2D eigenvalue weighted by atomic mass is 79.9. The topological polar surface area (TPSA) is 46.1 Å². The molecule has 0 N–H and O–H groups in total. The van der Waals surface area contributed by atoms with Crippen molar-refractivity contribution in [2.24, 2.45) is 0 Å². The van der Waals surface area contributed by atoms with Crippen LogP contribution in [0.1, 0.15) is 41.5 Å². The lowest BCUT2D eigenvalue weighted by Gasteiger charge is -2.30. The van der Waals surface area contributed by atoms with Gasteiger partial charge in [-0.25, -0.2) is 0 Å². The highest BCUT2D eigenvalue weighted by molar-refractivity contribution is 9.09. The van der Waals surface area contributed by atoms with Gasteiger partial charge in [-0.05, 0) is 32.3 Å². The summed E-state index contributed by atoms with van der Waals surface area (Å²) in [6.45, 7) is 5.49. The fourth-order valence-electron chi connectivity index (χ4n) is 2.24. The average Bonchev–Trinajstić information content (AvgIpc) is 2.38. The van der Waals surface area contributed by atoms with Crippen molar-refractivity contribution < 1.29 is 4.79 Å². The van der Waals surface area contributed by atoms with E-state index in [-0.39, 0.29) is 5.91 Å². The molecule has 1 unspecified atom stereocenters. The van der Waals surface area contributed by atoms with E-state index in [9.17, 15) is 4.79 Å². The van der Waals surface area contributed by atoms with Crippen molar-refractivity contribution >= 4 is 21.8 Å². The molecule has 0 spiro atoms. The maximum absolute atomic E-state index is 12.5. The molecule has 18 heavy (non-hydrogen) atoms. The number of nitrogens with zero attached hydrogens (tertiary/aromatic N) is 3. The number of rotatable bonds is 2. The Labute approximate surface area is 116 Å². The molecule has 5 heteroatoms. The van der Waals surface area contributed by atoms with E-state index in [1.165, 1.54) is 0 Å². The largest absolute Gasteiger partial charge is 0.337 e. The molecular weight excluding hydrogens is 294 g/mol. The second-order valence-corrected chi connectivity index (χ2v) is 5.99. The Hall–Kier alpha value is -0.970. The molecule has 0 saturated carbocycles. The first-order chi connectivity index (χ1) is 8.61. The molecule has 0 radical (unpaired) electrons. The predicted octanol–water partition coefficient (Wildman–Crippen LogP) is 2.35. The number of aromatic nitrogens is 2. The summed E-state index contributed by atoms with van der Waals surface area (Å²) in [5, 5.41) is 8.15. The van der Waals surface area contributed by atoms with Crippen molar-refractivity contribution in [3.63, 3.8) is 0 Å². The lowest BCUT2D eigenvalue weighted by Crippen LogP contribution is -2.40. The molecule has 98 valence electrons. The summed E-state index contributed by atoms with van der Waals surface area (Å²) >= 11 is 3.60. The van der Waals surface area contributed by atoms with E-state index in [1.807, 2.05) is 24.8 Å². The summed E-state index contributed by atoms with van der Waals surface area (Å²) in [6.07, 6.45) is 2.93. The minimum Gasteiger partial charge on any atom is -0.337 e. The van der Waals surface area contributed by atoms with Crippen LogP contribution in [0.25, 0.3) is 0 Å². The summed E-state index contributed by atoms with van der Waals surface area (Å²) in [4.78, 5) is 14.8. The quantitative estimate of drug-likeness (QED) is 0.788. The third-order valence-corrected chi connectivity index (χ3v) is 3.96. The van der Waals surface area contributed by atoms with Crippen LogP contribution in [0, 0.1) is 6.92 Å². The van der Waals surface area contributed by atoms with Crippen molar-refractivity contribution in [2.75, 3.05) is 13.1 Å². The lowest BCUT2D eigenvalue weighted by molar-refractivity contribution is 0.0728. The number of carbonyl (C=O) groups is 1. The summed E-state index contributed by atoms with van der Waals surface area (Å²) in [5.41, 5.74) is 2.30. The van der Waals surface area contributed by atoms with Gasteiger partial charge >= 0.3 is 0 Å². The third-order valence-electron chi connectivity index (χ3n) is 3.21. The fourth-order valence-corrected chi connectivity index (χ4v) is 2.91. The molecule has 2 heterocycles. The molecule has 1 amide bonds. The number of likely N-dealkylation sites (tertiary alicyclic amines) is 1. The van der Waals surface area contributed by atoms with E-state index in [4.69, 9.17) is 0 Å². The normalized spacial score (nSPS) is 19.9. The van der Waals surface area contributed by atoms with Crippen LogP contribution in [-0.4, -0.2) is 38.9 Å². The number of halogens is 1. The van der Waals surface area contributed by atoms with Crippen LogP contribution >= 0.6 is 15.9 Å². The fraction of sp³-hybridized carbons (Fsp3) is 0.615. The Morgan fingerprint density at radius 1 is 1.56 bits per heavy atom. The Kier molecular flexibility index (Phi) is 4.32. The highest BCUT2D eigenvalue weighted by Crippen LogP contribution is 2.20. The number of alkyl halides is 1. The lowest BCUT2D eigenvalue weighted by atomic mass is 10.1. The molecule has 1 aromatic heterocycles. The molecule has 0 bridgehead atoms. The van der Waals surface area contributed by atoms with Crippen LogP contribution in [0.4, 0.5) is 0 Å². The van der Waals surface area contributed by atoms with Crippen LogP contribution < -0.4 is 0 Å². The molecular formula is C13H18BrN3O. The second-order valence-electron chi connectivity index (χ2n) is 4.69. The van der Waals surface area contributed by atoms with E-state index in [0.29, 0.717) is 10.4 Å². The monoisotopic (exact) mass is 311 g/mol. The van der Waals surface area contributed by atoms with Crippen LogP contribution in [-0.2, 0) is 6.42 Å². The van der Waals surface area contributed by atoms with E-state index in [2.05, 4.69) is 26.1 Å². The molecule has 1 atom stereocenters. The van der Waals surface area contributed by atoms with Gasteiger partial charge in [0.25, 0.3) is 5.91 Å². The minimum atomic E-state index is 0.0917. The van der Waals surface area contributed by atoms with Gasteiger partial charge in [0.05, 0.1) is 17.0 Å². The highest BCUT2D eigenvalue weighted by Gasteiger charge is 2.24. The first kappa shape index (κ1) is 13.5. The van der Waals surface area contributed by atoms with Crippen molar-refractivity contribution in [1.29, 1.82) is 0 Å². The number of aryl methyl sites for hydroxylation is 2. The zero-order chi connectivity index (χ0) is 13.1. The first-order valence-electron chi connectivity index (χ1n) is 6.38. The molecule has 1 aliphatic rings. The van der Waals surface area contributed by atoms with E-state index in [0.717, 1.165) is 43.7 Å². The molecule has 1 aromatic rings. The van der Waals surface area contributed by atoms with Crippen LogP contribution in [0.15, 0.2) is 6.07 Å². The van der Waals surface area contributed by atoms with Gasteiger partial charge in [0.1, 0.15) is 0 Å². The van der Waals surface area contributed by atoms with Gasteiger partial charge in [0.2, 0.25) is 0 Å². The molecule has 1 saturated heterocycles. The van der Waals surface area contributed by atoms with Crippen molar-refractivity contribution in [3.8, 4) is 0 Å². The van der Waals surface area contributed by atoms with E-state index in [1.54, 1.807) is 0 Å². The molecule has 1 aliphatic heterocycles. The van der Waals surface area contributed by atoms with Gasteiger partial charge in [-0.15, -0.1) is 0 Å². The Bertz CT molecular complexity index is 450. The van der Waals surface area contributed by atoms with Crippen LogP contribution in [0.3, 0.4) is 0 Å². The smallest absolute Gasteiger partial charge is 0.255 e. The molecule has 0 aromatic carbocycles. The number of hydrogen-bond donors (Lipinski definition) is 0. The molecule has 2 rings (SSSR count). The van der Waals surface area contributed by atoms with Gasteiger partial charge in [-0.2, -0.15) is 10.2 Å². The summed E-state index contributed by atoms with van der Waals surface area (Å²) in [5.74, 6) is 0.0917. The zero-order valence-electron chi connectivity index (χ0n) is 10.8. The van der Waals surface area contributed by atoms with Crippen LogP contribution in [0.2, 0.25) is 0 Å². The number of hydrogen-bond acceptors (Lipinski definition) is 3. The molecule has 4 nitrogen and oxygen atoms in total. The van der Waals surface area contributed by atoms with Crippen molar-refractivity contribution in [1.82, 2.24) is 15.1 Å². The SMILES string of the molecule is CCc1nnc(C)cc1C(=O)N1CCCC(Br)C1. The maximum Gasteiger partial charge on any atom is 0.255 e. The minimum absolute atomic E-state index is 0.0917. The van der Waals surface area contributed by atoms with Gasteiger partial charge in [-0.1, -0.05) is 22.9 Å². The molecule has 1 fully saturated rings. The number of piperidine rings is 1. The van der Waals surface area contributed by atoms with E-state index >= 15 is 0 Å².